The predicted molar refractivity (Wildman–Crippen MR) is 63.8 cm³/mol. The number of hydrogen-bond donors (Lipinski definition) is 0. The first kappa shape index (κ1) is 10.5. The molecule has 94 valence electrons. The summed E-state index contributed by atoms with van der Waals surface area (Å²) < 4.78 is 1.61. The molecule has 0 N–H and O–H groups in total. The van der Waals surface area contributed by atoms with E-state index in [9.17, 15) is 9.59 Å². The highest BCUT2D eigenvalue weighted by Gasteiger charge is 2.58. The Morgan fingerprint density at radius 2 is 2.00 bits per heavy atom. The Hall–Kier alpha value is -1.45. The van der Waals surface area contributed by atoms with Crippen molar-refractivity contribution >= 4 is 11.7 Å². The van der Waals surface area contributed by atoms with Gasteiger partial charge in [0.15, 0.2) is 0 Å². The zero-order valence-corrected chi connectivity index (χ0v) is 10.2. The highest BCUT2D eigenvalue weighted by atomic mass is 16.2. The minimum atomic E-state index is -0.273. The Bertz CT molecular complexity index is 502. The molecule has 4 heteroatoms. The van der Waals surface area contributed by atoms with E-state index >= 15 is 0 Å². The third-order valence-corrected chi connectivity index (χ3v) is 5.19. The standard InChI is InChI=1S/C14H16N2O2/c17-12-10-3-9-4-11(12)7-14(5-9,6-10)13(18)16-2-1-15-8-16/h1-2,8-11H,3-7H2. The summed E-state index contributed by atoms with van der Waals surface area (Å²) in [5.74, 6) is 1.49. The van der Waals surface area contributed by atoms with Crippen LogP contribution in [0.4, 0.5) is 0 Å². The molecule has 1 heterocycles. The van der Waals surface area contributed by atoms with Gasteiger partial charge >= 0.3 is 0 Å². The summed E-state index contributed by atoms with van der Waals surface area (Å²) in [5.41, 5.74) is -0.273. The van der Waals surface area contributed by atoms with E-state index in [1.807, 2.05) is 0 Å². The van der Waals surface area contributed by atoms with Crippen molar-refractivity contribution in [2.24, 2.45) is 23.2 Å². The lowest BCUT2D eigenvalue weighted by Crippen LogP contribution is -2.55. The van der Waals surface area contributed by atoms with E-state index in [0.29, 0.717) is 11.7 Å². The molecule has 4 aliphatic rings. The highest BCUT2D eigenvalue weighted by Crippen LogP contribution is 2.59. The second-order valence-electron chi connectivity index (χ2n) is 6.30. The lowest BCUT2D eigenvalue weighted by molar-refractivity contribution is -0.144. The molecule has 18 heavy (non-hydrogen) atoms. The first-order valence-electron chi connectivity index (χ1n) is 6.74. The Morgan fingerprint density at radius 1 is 1.28 bits per heavy atom. The Kier molecular flexibility index (Phi) is 1.92. The molecule has 4 aliphatic carbocycles. The van der Waals surface area contributed by atoms with Gasteiger partial charge in [0.25, 0.3) is 0 Å². The van der Waals surface area contributed by atoms with E-state index in [2.05, 4.69) is 4.98 Å². The molecule has 0 aliphatic heterocycles. The number of Topliss-reactive ketones (excluding diaryl/α,β-unsaturated/α-hetero) is 1. The maximum absolute atomic E-state index is 12.7. The second kappa shape index (κ2) is 3.31. The largest absolute Gasteiger partial charge is 0.299 e. The minimum Gasteiger partial charge on any atom is -0.299 e. The minimum absolute atomic E-state index is 0.156. The van der Waals surface area contributed by atoms with Crippen molar-refractivity contribution in [2.75, 3.05) is 0 Å². The van der Waals surface area contributed by atoms with Crippen LogP contribution >= 0.6 is 0 Å². The zero-order chi connectivity index (χ0) is 12.3. The van der Waals surface area contributed by atoms with E-state index in [1.54, 1.807) is 23.3 Å². The fourth-order valence-corrected chi connectivity index (χ4v) is 4.66. The Balaban J connectivity index is 1.73. The van der Waals surface area contributed by atoms with Gasteiger partial charge in [0, 0.05) is 24.2 Å². The molecule has 1 aromatic heterocycles. The number of ketones is 1. The van der Waals surface area contributed by atoms with Crippen LogP contribution in [0.25, 0.3) is 0 Å². The van der Waals surface area contributed by atoms with Crippen LogP contribution in [0.15, 0.2) is 18.7 Å². The van der Waals surface area contributed by atoms with Crippen LogP contribution < -0.4 is 0 Å². The van der Waals surface area contributed by atoms with Gasteiger partial charge in [-0.1, -0.05) is 0 Å². The van der Waals surface area contributed by atoms with E-state index in [4.69, 9.17) is 0 Å². The highest BCUT2D eigenvalue weighted by molar-refractivity contribution is 5.92. The fraction of sp³-hybridized carbons (Fsp3) is 0.643. The summed E-state index contributed by atoms with van der Waals surface area (Å²) in [4.78, 5) is 28.7. The van der Waals surface area contributed by atoms with Crippen molar-refractivity contribution in [2.45, 2.75) is 32.1 Å². The van der Waals surface area contributed by atoms with Gasteiger partial charge in [-0.25, -0.2) is 4.98 Å². The van der Waals surface area contributed by atoms with Crippen LogP contribution in [0.3, 0.4) is 0 Å². The van der Waals surface area contributed by atoms with Crippen LogP contribution in [-0.4, -0.2) is 21.2 Å². The quantitative estimate of drug-likeness (QED) is 0.758. The smallest absolute Gasteiger partial charge is 0.238 e. The maximum Gasteiger partial charge on any atom is 0.238 e. The zero-order valence-electron chi connectivity index (χ0n) is 10.2. The van der Waals surface area contributed by atoms with Gasteiger partial charge in [0.1, 0.15) is 12.1 Å². The molecular formula is C14H16N2O2. The van der Waals surface area contributed by atoms with Gasteiger partial charge in [-0.05, 0) is 38.0 Å². The average Bonchev–Trinajstić information content (AvgIpc) is 2.87. The summed E-state index contributed by atoms with van der Waals surface area (Å²) in [6.45, 7) is 0. The monoisotopic (exact) mass is 244 g/mol. The summed E-state index contributed by atoms with van der Waals surface area (Å²) >= 11 is 0. The van der Waals surface area contributed by atoms with E-state index < -0.39 is 0 Å². The van der Waals surface area contributed by atoms with Crippen LogP contribution in [-0.2, 0) is 4.79 Å². The molecule has 0 amide bonds. The summed E-state index contributed by atoms with van der Waals surface area (Å²) in [6, 6.07) is 0. The molecule has 0 saturated heterocycles. The van der Waals surface area contributed by atoms with Gasteiger partial charge in [-0.15, -0.1) is 0 Å². The molecule has 4 bridgehead atoms. The molecule has 2 atom stereocenters. The first-order valence-corrected chi connectivity index (χ1v) is 6.74. The van der Waals surface area contributed by atoms with Gasteiger partial charge in [0.05, 0.1) is 5.41 Å². The predicted octanol–water partition coefficient (Wildman–Crippen LogP) is 1.92. The van der Waals surface area contributed by atoms with Crippen molar-refractivity contribution in [3.8, 4) is 0 Å². The molecule has 0 spiro atoms. The van der Waals surface area contributed by atoms with Crippen LogP contribution in [0.1, 0.15) is 36.9 Å². The maximum atomic E-state index is 12.7. The number of nitrogens with zero attached hydrogens (tertiary/aromatic N) is 2. The lowest BCUT2D eigenvalue weighted by Gasteiger charge is -2.54. The number of imidazole rings is 1. The number of rotatable bonds is 1. The number of carbonyl (C=O) groups is 2. The SMILES string of the molecule is O=C1C2CC3CC1CC(C(=O)n1ccnc1)(C3)C2. The normalized spacial score (nSPS) is 41.3. The van der Waals surface area contributed by atoms with Crippen molar-refractivity contribution < 1.29 is 9.59 Å². The molecule has 0 aromatic carbocycles. The van der Waals surface area contributed by atoms with E-state index in [-0.39, 0.29) is 23.2 Å². The molecule has 4 nitrogen and oxygen atoms in total. The fourth-order valence-electron chi connectivity index (χ4n) is 4.66. The van der Waals surface area contributed by atoms with Crippen molar-refractivity contribution in [3.63, 3.8) is 0 Å². The van der Waals surface area contributed by atoms with Crippen molar-refractivity contribution in [1.82, 2.24) is 9.55 Å². The van der Waals surface area contributed by atoms with Gasteiger partial charge in [-0.2, -0.15) is 0 Å². The molecule has 4 saturated carbocycles. The topological polar surface area (TPSA) is 52.0 Å². The third kappa shape index (κ3) is 1.23. The van der Waals surface area contributed by atoms with Gasteiger partial charge < -0.3 is 0 Å². The molecular weight excluding hydrogens is 228 g/mol. The molecule has 4 fully saturated rings. The number of carbonyl (C=O) groups excluding carboxylic acids is 2. The number of hydrogen-bond acceptors (Lipinski definition) is 3. The molecule has 0 radical (unpaired) electrons. The van der Waals surface area contributed by atoms with Crippen LogP contribution in [0.2, 0.25) is 0 Å². The van der Waals surface area contributed by atoms with Crippen LogP contribution in [0.5, 0.6) is 0 Å². The lowest BCUT2D eigenvalue weighted by atomic mass is 9.49. The van der Waals surface area contributed by atoms with Crippen molar-refractivity contribution in [3.05, 3.63) is 18.7 Å². The Labute approximate surface area is 105 Å². The molecule has 1 aromatic rings. The molecule has 5 rings (SSSR count). The Morgan fingerprint density at radius 3 is 2.61 bits per heavy atom. The second-order valence-corrected chi connectivity index (χ2v) is 6.30. The van der Waals surface area contributed by atoms with Crippen LogP contribution in [0, 0.1) is 23.2 Å². The number of aromatic nitrogens is 2. The third-order valence-electron chi connectivity index (χ3n) is 5.19. The average molecular weight is 244 g/mol. The van der Waals surface area contributed by atoms with Crippen molar-refractivity contribution in [1.29, 1.82) is 0 Å². The van der Waals surface area contributed by atoms with Gasteiger partial charge in [0.2, 0.25) is 5.91 Å². The van der Waals surface area contributed by atoms with E-state index in [0.717, 1.165) is 32.1 Å². The van der Waals surface area contributed by atoms with Gasteiger partial charge in [-0.3, -0.25) is 14.2 Å². The summed E-state index contributed by atoms with van der Waals surface area (Å²) in [5, 5.41) is 0. The van der Waals surface area contributed by atoms with E-state index in [1.165, 1.54) is 0 Å². The summed E-state index contributed by atoms with van der Waals surface area (Å²) in [7, 11) is 0. The molecule has 2 unspecified atom stereocenters. The summed E-state index contributed by atoms with van der Waals surface area (Å²) in [6.07, 6.45) is 9.52. The first-order chi connectivity index (χ1) is 8.68.